The van der Waals surface area contributed by atoms with E-state index in [1.807, 2.05) is 30.3 Å². The van der Waals surface area contributed by atoms with E-state index in [-0.39, 0.29) is 5.91 Å². The first-order valence-corrected chi connectivity index (χ1v) is 5.66. The Bertz CT molecular complexity index is 596. The molecule has 0 spiro atoms. The van der Waals surface area contributed by atoms with Crippen LogP contribution >= 0.6 is 0 Å². The highest BCUT2D eigenvalue weighted by Gasteiger charge is 2.28. The fourth-order valence-corrected chi connectivity index (χ4v) is 1.97. The van der Waals surface area contributed by atoms with Gasteiger partial charge in [-0.3, -0.25) is 4.79 Å². The van der Waals surface area contributed by atoms with Crippen molar-refractivity contribution in [3.63, 3.8) is 0 Å². The highest BCUT2D eigenvalue weighted by molar-refractivity contribution is 5.98. The summed E-state index contributed by atoms with van der Waals surface area (Å²) in [5.74, 6) is 0.456. The minimum Gasteiger partial charge on any atom is -0.474 e. The number of amides is 1. The lowest BCUT2D eigenvalue weighted by Gasteiger charge is -2.26. The monoisotopic (exact) mass is 240 g/mol. The van der Waals surface area contributed by atoms with Gasteiger partial charge in [-0.25, -0.2) is 0 Å². The normalized spacial score (nSPS) is 17.6. The van der Waals surface area contributed by atoms with E-state index in [1.165, 1.54) is 0 Å². The molecule has 18 heavy (non-hydrogen) atoms. The van der Waals surface area contributed by atoms with E-state index < -0.39 is 6.10 Å². The molecule has 1 aliphatic rings. The summed E-state index contributed by atoms with van der Waals surface area (Å²) in [4.78, 5) is 12.0. The molecule has 0 saturated carbocycles. The third kappa shape index (κ3) is 1.78. The largest absolute Gasteiger partial charge is 0.474 e. The molecular formula is C14H12N2O2. The van der Waals surface area contributed by atoms with Crippen LogP contribution in [0.3, 0.4) is 0 Å². The maximum absolute atomic E-state index is 12.0. The summed E-state index contributed by atoms with van der Waals surface area (Å²) in [5, 5.41) is 2.81. The zero-order valence-corrected chi connectivity index (χ0v) is 9.59. The van der Waals surface area contributed by atoms with Gasteiger partial charge in [0.2, 0.25) is 6.10 Å². The average Bonchev–Trinajstić information content (AvgIpc) is 2.39. The molecule has 0 bridgehead atoms. The Morgan fingerprint density at radius 1 is 1.11 bits per heavy atom. The van der Waals surface area contributed by atoms with E-state index in [2.05, 4.69) is 5.32 Å². The third-order valence-corrected chi connectivity index (χ3v) is 2.85. The predicted octanol–water partition coefficient (Wildman–Crippen LogP) is 2.34. The summed E-state index contributed by atoms with van der Waals surface area (Å²) in [7, 11) is 0. The van der Waals surface area contributed by atoms with E-state index in [0.717, 1.165) is 5.56 Å². The van der Waals surface area contributed by atoms with Crippen molar-refractivity contribution in [2.75, 3.05) is 11.1 Å². The van der Waals surface area contributed by atoms with Gasteiger partial charge in [0.25, 0.3) is 5.91 Å². The Morgan fingerprint density at radius 3 is 2.67 bits per heavy atom. The van der Waals surface area contributed by atoms with Crippen LogP contribution in [0.5, 0.6) is 5.75 Å². The van der Waals surface area contributed by atoms with E-state index in [0.29, 0.717) is 17.1 Å². The molecule has 90 valence electrons. The lowest BCUT2D eigenvalue weighted by Crippen LogP contribution is -2.30. The van der Waals surface area contributed by atoms with Crippen LogP contribution in [0.2, 0.25) is 0 Å². The van der Waals surface area contributed by atoms with Gasteiger partial charge in [-0.2, -0.15) is 0 Å². The molecule has 1 aliphatic heterocycles. The Morgan fingerprint density at radius 2 is 1.89 bits per heavy atom. The predicted molar refractivity (Wildman–Crippen MR) is 69.3 cm³/mol. The molecule has 0 unspecified atom stereocenters. The smallest absolute Gasteiger partial charge is 0.270 e. The van der Waals surface area contributed by atoms with Crippen molar-refractivity contribution >= 4 is 17.3 Å². The summed E-state index contributed by atoms with van der Waals surface area (Å²) in [6.07, 6.45) is -0.609. The second kappa shape index (κ2) is 4.07. The number of benzene rings is 2. The lowest BCUT2D eigenvalue weighted by atomic mass is 10.1. The van der Waals surface area contributed by atoms with E-state index in [9.17, 15) is 4.79 Å². The number of ether oxygens (including phenoxy) is 1. The van der Waals surface area contributed by atoms with Crippen molar-refractivity contribution in [2.24, 2.45) is 0 Å². The minimum atomic E-state index is -0.609. The van der Waals surface area contributed by atoms with Crippen LogP contribution in [0.25, 0.3) is 0 Å². The molecule has 3 rings (SSSR count). The fourth-order valence-electron chi connectivity index (χ4n) is 1.97. The van der Waals surface area contributed by atoms with Crippen molar-refractivity contribution in [1.29, 1.82) is 0 Å². The van der Waals surface area contributed by atoms with Gasteiger partial charge in [-0.05, 0) is 18.2 Å². The number of rotatable bonds is 1. The molecule has 1 amide bonds. The van der Waals surface area contributed by atoms with Crippen LogP contribution in [-0.2, 0) is 4.79 Å². The number of carbonyl (C=O) groups is 1. The van der Waals surface area contributed by atoms with Crippen LogP contribution in [0, 0.1) is 0 Å². The molecule has 1 heterocycles. The second-order valence-corrected chi connectivity index (χ2v) is 4.15. The molecule has 2 aromatic carbocycles. The zero-order chi connectivity index (χ0) is 12.5. The molecule has 0 saturated heterocycles. The van der Waals surface area contributed by atoms with Crippen LogP contribution in [0.1, 0.15) is 11.7 Å². The highest BCUT2D eigenvalue weighted by atomic mass is 16.5. The summed E-state index contributed by atoms with van der Waals surface area (Å²) in [6, 6.07) is 14.6. The van der Waals surface area contributed by atoms with Crippen molar-refractivity contribution in [3.8, 4) is 5.75 Å². The van der Waals surface area contributed by atoms with E-state index in [1.54, 1.807) is 18.2 Å². The number of anilines is 2. The summed E-state index contributed by atoms with van der Waals surface area (Å²) >= 11 is 0. The Labute approximate surface area is 104 Å². The summed E-state index contributed by atoms with van der Waals surface area (Å²) in [5.41, 5.74) is 7.71. The average molecular weight is 240 g/mol. The first-order valence-electron chi connectivity index (χ1n) is 5.66. The first kappa shape index (κ1) is 10.7. The lowest BCUT2D eigenvalue weighted by molar-refractivity contribution is -0.123. The molecule has 0 aromatic heterocycles. The van der Waals surface area contributed by atoms with Gasteiger partial charge in [0, 0.05) is 11.3 Å². The Balaban J connectivity index is 1.97. The first-order chi connectivity index (χ1) is 8.74. The van der Waals surface area contributed by atoms with Crippen LogP contribution in [-0.4, -0.2) is 5.91 Å². The number of hydrogen-bond donors (Lipinski definition) is 2. The molecule has 0 fully saturated rings. The SMILES string of the molecule is Nc1ccc2c(c1)NC(=O)[C@H](c1ccccc1)O2. The van der Waals surface area contributed by atoms with E-state index in [4.69, 9.17) is 10.5 Å². The van der Waals surface area contributed by atoms with Gasteiger partial charge in [-0.1, -0.05) is 30.3 Å². The maximum Gasteiger partial charge on any atom is 0.270 e. The van der Waals surface area contributed by atoms with Crippen LogP contribution in [0.15, 0.2) is 48.5 Å². The number of carbonyl (C=O) groups excluding carboxylic acids is 1. The van der Waals surface area contributed by atoms with Crippen molar-refractivity contribution in [3.05, 3.63) is 54.1 Å². The molecule has 1 atom stereocenters. The second-order valence-electron chi connectivity index (χ2n) is 4.15. The number of nitrogens with one attached hydrogen (secondary N) is 1. The minimum absolute atomic E-state index is 0.181. The molecule has 3 N–H and O–H groups in total. The summed E-state index contributed by atoms with van der Waals surface area (Å²) < 4.78 is 5.72. The van der Waals surface area contributed by atoms with Crippen molar-refractivity contribution < 1.29 is 9.53 Å². The molecule has 0 aliphatic carbocycles. The summed E-state index contributed by atoms with van der Waals surface area (Å²) in [6.45, 7) is 0. The standard InChI is InChI=1S/C14H12N2O2/c15-10-6-7-12-11(8-10)16-14(17)13(18-12)9-4-2-1-3-5-9/h1-8,13H,15H2,(H,16,17)/t13-/m0/s1. The Hall–Kier alpha value is -2.49. The highest BCUT2D eigenvalue weighted by Crippen LogP contribution is 2.35. The van der Waals surface area contributed by atoms with Crippen LogP contribution < -0.4 is 15.8 Å². The topological polar surface area (TPSA) is 64.3 Å². The van der Waals surface area contributed by atoms with Crippen LogP contribution in [0.4, 0.5) is 11.4 Å². The van der Waals surface area contributed by atoms with Gasteiger partial charge in [0.15, 0.2) is 0 Å². The molecular weight excluding hydrogens is 228 g/mol. The quantitative estimate of drug-likeness (QED) is 0.752. The van der Waals surface area contributed by atoms with E-state index >= 15 is 0 Å². The number of fused-ring (bicyclic) bond motifs is 1. The number of hydrogen-bond acceptors (Lipinski definition) is 3. The molecule has 4 nitrogen and oxygen atoms in total. The fraction of sp³-hybridized carbons (Fsp3) is 0.0714. The van der Waals surface area contributed by atoms with Gasteiger partial charge < -0.3 is 15.8 Å². The van der Waals surface area contributed by atoms with Crippen molar-refractivity contribution in [1.82, 2.24) is 0 Å². The molecule has 2 aromatic rings. The number of nitrogen functional groups attached to an aromatic ring is 1. The molecule has 4 heteroatoms. The molecule has 0 radical (unpaired) electrons. The Kier molecular flexibility index (Phi) is 2.41. The van der Waals surface area contributed by atoms with Gasteiger partial charge in [-0.15, -0.1) is 0 Å². The maximum atomic E-state index is 12.0. The number of nitrogens with two attached hydrogens (primary N) is 1. The van der Waals surface area contributed by atoms with Gasteiger partial charge in [0.1, 0.15) is 5.75 Å². The third-order valence-electron chi connectivity index (χ3n) is 2.85. The zero-order valence-electron chi connectivity index (χ0n) is 9.59. The van der Waals surface area contributed by atoms with Gasteiger partial charge >= 0.3 is 0 Å². The van der Waals surface area contributed by atoms with Gasteiger partial charge in [0.05, 0.1) is 5.69 Å². The van der Waals surface area contributed by atoms with Crippen molar-refractivity contribution in [2.45, 2.75) is 6.10 Å².